The first-order valence-electron chi connectivity index (χ1n) is 10.5. The van der Waals surface area contributed by atoms with Gasteiger partial charge in [-0.3, -0.25) is 14.2 Å². The van der Waals surface area contributed by atoms with E-state index >= 15 is 0 Å². The molecule has 2 aromatic carbocycles. The van der Waals surface area contributed by atoms with Crippen molar-refractivity contribution in [1.29, 1.82) is 0 Å². The van der Waals surface area contributed by atoms with Crippen molar-refractivity contribution in [2.24, 2.45) is 5.92 Å². The number of likely N-dealkylation sites (tertiary alicyclic amines) is 1. The molecule has 31 heavy (non-hydrogen) atoms. The van der Waals surface area contributed by atoms with Crippen molar-refractivity contribution in [3.8, 4) is 5.69 Å². The molecule has 0 radical (unpaired) electrons. The van der Waals surface area contributed by atoms with Crippen LogP contribution in [0.25, 0.3) is 27.8 Å². The van der Waals surface area contributed by atoms with Crippen LogP contribution in [0.4, 0.5) is 0 Å². The molecule has 1 saturated heterocycles. The van der Waals surface area contributed by atoms with Crippen LogP contribution in [0.3, 0.4) is 0 Å². The molecule has 158 valence electrons. The Morgan fingerprint density at radius 1 is 1.00 bits per heavy atom. The van der Waals surface area contributed by atoms with Gasteiger partial charge in [0.15, 0.2) is 0 Å². The molecule has 4 aromatic rings. The Hall–Kier alpha value is -3.61. The van der Waals surface area contributed by atoms with Gasteiger partial charge in [0.2, 0.25) is 11.5 Å². The molecule has 2 aromatic heterocycles. The molecule has 7 heteroatoms. The minimum atomic E-state index is -0.547. The van der Waals surface area contributed by atoms with Crippen LogP contribution >= 0.6 is 0 Å². The van der Waals surface area contributed by atoms with Gasteiger partial charge < -0.3 is 9.32 Å². The Bertz CT molecular complexity index is 1390. The molecule has 1 aliphatic heterocycles. The third-order valence-corrected chi connectivity index (χ3v) is 6.10. The Kier molecular flexibility index (Phi) is 4.73. The zero-order valence-corrected chi connectivity index (χ0v) is 17.3. The van der Waals surface area contributed by atoms with E-state index in [0.29, 0.717) is 41.2 Å². The SMILES string of the molecule is CC1CCN(C(=O)Cn2c(=O)n(-c3ccccc3)c(=O)c3oc4ccccc4c32)CC1. The number of amides is 1. The second kappa shape index (κ2) is 7.58. The van der Waals surface area contributed by atoms with E-state index < -0.39 is 11.2 Å². The lowest BCUT2D eigenvalue weighted by Gasteiger charge is -2.30. The fourth-order valence-corrected chi connectivity index (χ4v) is 4.29. The number of rotatable bonds is 3. The van der Waals surface area contributed by atoms with E-state index in [2.05, 4.69) is 6.92 Å². The molecule has 1 aliphatic rings. The summed E-state index contributed by atoms with van der Waals surface area (Å²) < 4.78 is 8.33. The summed E-state index contributed by atoms with van der Waals surface area (Å²) in [7, 11) is 0. The van der Waals surface area contributed by atoms with Crippen LogP contribution in [0.5, 0.6) is 0 Å². The number of carbonyl (C=O) groups is 1. The van der Waals surface area contributed by atoms with Crippen LogP contribution in [0, 0.1) is 5.92 Å². The van der Waals surface area contributed by atoms with E-state index in [1.54, 1.807) is 41.3 Å². The molecule has 0 aliphatic carbocycles. The van der Waals surface area contributed by atoms with Crippen molar-refractivity contribution in [3.05, 3.63) is 75.4 Å². The highest BCUT2D eigenvalue weighted by molar-refractivity contribution is 6.02. The van der Waals surface area contributed by atoms with Gasteiger partial charge in [0.05, 0.1) is 5.69 Å². The molecular formula is C24H23N3O4. The Morgan fingerprint density at radius 2 is 1.68 bits per heavy atom. The molecule has 3 heterocycles. The molecule has 0 spiro atoms. The maximum atomic E-state index is 13.5. The summed E-state index contributed by atoms with van der Waals surface area (Å²) in [5.74, 6) is 0.468. The largest absolute Gasteiger partial charge is 0.449 e. The fraction of sp³-hybridized carbons (Fsp3) is 0.292. The smallest absolute Gasteiger partial charge is 0.336 e. The van der Waals surface area contributed by atoms with E-state index in [1.165, 1.54) is 4.57 Å². The van der Waals surface area contributed by atoms with Crippen LogP contribution < -0.4 is 11.2 Å². The summed E-state index contributed by atoms with van der Waals surface area (Å²) >= 11 is 0. The van der Waals surface area contributed by atoms with E-state index in [4.69, 9.17) is 4.42 Å². The minimum absolute atomic E-state index is 0.0738. The summed E-state index contributed by atoms with van der Waals surface area (Å²) in [6.07, 6.45) is 1.91. The van der Waals surface area contributed by atoms with E-state index in [-0.39, 0.29) is 18.0 Å². The van der Waals surface area contributed by atoms with Crippen LogP contribution in [-0.4, -0.2) is 33.0 Å². The highest BCUT2D eigenvalue weighted by atomic mass is 16.3. The number of nitrogens with zero attached hydrogens (tertiary/aromatic N) is 3. The van der Waals surface area contributed by atoms with Gasteiger partial charge >= 0.3 is 11.2 Å². The van der Waals surface area contributed by atoms with E-state index in [0.717, 1.165) is 17.4 Å². The lowest BCUT2D eigenvalue weighted by molar-refractivity contribution is -0.133. The summed E-state index contributed by atoms with van der Waals surface area (Å²) in [6, 6.07) is 15.9. The first kappa shape index (κ1) is 19.4. The summed E-state index contributed by atoms with van der Waals surface area (Å²) in [5.41, 5.74) is 0.314. The van der Waals surface area contributed by atoms with Gasteiger partial charge in [-0.1, -0.05) is 37.3 Å². The Balaban J connectivity index is 1.73. The predicted molar refractivity (Wildman–Crippen MR) is 119 cm³/mol. The van der Waals surface area contributed by atoms with Crippen molar-refractivity contribution in [2.45, 2.75) is 26.3 Å². The maximum Gasteiger partial charge on any atom is 0.336 e. The fourth-order valence-electron chi connectivity index (χ4n) is 4.29. The van der Waals surface area contributed by atoms with Crippen molar-refractivity contribution < 1.29 is 9.21 Å². The van der Waals surface area contributed by atoms with Gasteiger partial charge in [-0.05, 0) is 43.0 Å². The Labute approximate surface area is 178 Å². The van der Waals surface area contributed by atoms with Gasteiger partial charge in [-0.25, -0.2) is 9.36 Å². The standard InChI is InChI=1S/C24H23N3O4/c1-16-11-13-25(14-12-16)20(28)15-26-21-18-9-5-6-10-19(18)31-22(21)23(29)27(24(26)30)17-7-3-2-4-8-17/h2-10,16H,11-15H2,1H3. The van der Waals surface area contributed by atoms with E-state index in [1.807, 2.05) is 18.2 Å². The number of hydrogen-bond donors (Lipinski definition) is 0. The first-order valence-corrected chi connectivity index (χ1v) is 10.5. The maximum absolute atomic E-state index is 13.5. The van der Waals surface area contributed by atoms with Gasteiger partial charge in [0, 0.05) is 18.5 Å². The first-order chi connectivity index (χ1) is 15.0. The lowest BCUT2D eigenvalue weighted by atomic mass is 9.99. The molecule has 7 nitrogen and oxygen atoms in total. The number of carbonyl (C=O) groups excluding carboxylic acids is 1. The van der Waals surface area contributed by atoms with Crippen LogP contribution in [0.2, 0.25) is 0 Å². The van der Waals surface area contributed by atoms with Crippen LogP contribution in [0.1, 0.15) is 19.8 Å². The third kappa shape index (κ3) is 3.26. The molecule has 0 N–H and O–H groups in total. The predicted octanol–water partition coefficient (Wildman–Crippen LogP) is 3.16. The highest BCUT2D eigenvalue weighted by Gasteiger charge is 2.25. The zero-order valence-electron chi connectivity index (χ0n) is 17.3. The normalized spacial score (nSPS) is 15.1. The lowest BCUT2D eigenvalue weighted by Crippen LogP contribution is -2.44. The topological polar surface area (TPSA) is 77.5 Å². The monoisotopic (exact) mass is 417 g/mol. The number of piperidine rings is 1. The van der Waals surface area contributed by atoms with Gasteiger partial charge in [0.1, 0.15) is 17.6 Å². The van der Waals surface area contributed by atoms with Gasteiger partial charge in [0.25, 0.3) is 0 Å². The number of aromatic nitrogens is 2. The third-order valence-electron chi connectivity index (χ3n) is 6.10. The number of hydrogen-bond acceptors (Lipinski definition) is 4. The van der Waals surface area contributed by atoms with Crippen LogP contribution in [-0.2, 0) is 11.3 Å². The molecular weight excluding hydrogens is 394 g/mol. The second-order valence-corrected chi connectivity index (χ2v) is 8.18. The summed E-state index contributed by atoms with van der Waals surface area (Å²) in [4.78, 5) is 41.7. The zero-order chi connectivity index (χ0) is 21.5. The van der Waals surface area contributed by atoms with E-state index in [9.17, 15) is 14.4 Å². The number of benzene rings is 2. The molecule has 0 saturated carbocycles. The molecule has 5 rings (SSSR count). The molecule has 0 bridgehead atoms. The van der Waals surface area contributed by atoms with Crippen LogP contribution in [0.15, 0.2) is 68.6 Å². The van der Waals surface area contributed by atoms with Crippen molar-refractivity contribution >= 4 is 28.0 Å². The van der Waals surface area contributed by atoms with Crippen molar-refractivity contribution in [1.82, 2.24) is 14.0 Å². The number of furan rings is 1. The summed E-state index contributed by atoms with van der Waals surface area (Å²) in [6.45, 7) is 3.41. The molecule has 1 fully saturated rings. The second-order valence-electron chi connectivity index (χ2n) is 8.18. The average Bonchev–Trinajstić information content (AvgIpc) is 3.18. The number of fused-ring (bicyclic) bond motifs is 3. The molecule has 1 amide bonds. The summed E-state index contributed by atoms with van der Waals surface area (Å²) in [5, 5.41) is 0.645. The molecule has 0 atom stereocenters. The number of para-hydroxylation sites is 2. The van der Waals surface area contributed by atoms with Crippen molar-refractivity contribution in [3.63, 3.8) is 0 Å². The molecule has 0 unspecified atom stereocenters. The average molecular weight is 417 g/mol. The Morgan fingerprint density at radius 3 is 2.42 bits per heavy atom. The van der Waals surface area contributed by atoms with Gasteiger partial charge in [-0.15, -0.1) is 0 Å². The minimum Gasteiger partial charge on any atom is -0.449 e. The quantitative estimate of drug-likeness (QED) is 0.513. The highest BCUT2D eigenvalue weighted by Crippen LogP contribution is 2.26. The van der Waals surface area contributed by atoms with Gasteiger partial charge in [-0.2, -0.15) is 0 Å². The van der Waals surface area contributed by atoms with Crippen molar-refractivity contribution in [2.75, 3.05) is 13.1 Å².